The fourth-order valence-electron chi connectivity index (χ4n) is 0.892. The predicted molar refractivity (Wildman–Crippen MR) is 43.5 cm³/mol. The van der Waals surface area contributed by atoms with Gasteiger partial charge in [0.2, 0.25) is 0 Å². The number of rotatable bonds is 0. The largest absolute Gasteiger partial charge is 0.383 e. The van der Waals surface area contributed by atoms with Crippen molar-refractivity contribution in [2.75, 3.05) is 5.73 Å². The number of anilines is 1. The highest BCUT2D eigenvalue weighted by Crippen LogP contribution is 2.24. The number of hydrogen-bond acceptors (Lipinski definition) is 3. The van der Waals surface area contributed by atoms with E-state index in [1.807, 2.05) is 6.07 Å². The Morgan fingerprint density at radius 1 is 1.40 bits per heavy atom. The Balaban J connectivity index is 2.95. The number of aromatic nitrogens is 2. The van der Waals surface area contributed by atoms with E-state index < -0.39 is 0 Å². The monoisotopic (exact) mass is 151 g/mol. The summed E-state index contributed by atoms with van der Waals surface area (Å²) in [5.41, 5.74) is 5.57. The van der Waals surface area contributed by atoms with Gasteiger partial charge in [0.05, 0.1) is 5.25 Å². The van der Waals surface area contributed by atoms with E-state index in [-0.39, 0.29) is 0 Å². The molecular weight excluding hydrogens is 145 g/mol. The minimum absolute atomic E-state index is 0.589. The van der Waals surface area contributed by atoms with E-state index in [0.29, 0.717) is 14.0 Å². The van der Waals surface area contributed by atoms with Crippen molar-refractivity contribution in [1.29, 1.82) is 0 Å². The van der Waals surface area contributed by atoms with Crippen LogP contribution >= 0.6 is 8.19 Å². The number of nitrogen functional groups attached to an aromatic ring is 1. The highest BCUT2D eigenvalue weighted by molar-refractivity contribution is 7.36. The molecule has 0 aliphatic heterocycles. The molecule has 0 fully saturated rings. The van der Waals surface area contributed by atoms with Gasteiger partial charge in [0, 0.05) is 5.39 Å². The highest BCUT2D eigenvalue weighted by atomic mass is 31.0. The van der Waals surface area contributed by atoms with E-state index >= 15 is 0 Å². The number of nitrogens with zero attached hydrogens (tertiary/aromatic N) is 2. The fraction of sp³-hybridized carbons (Fsp3) is 0. The Morgan fingerprint density at radius 3 is 3.10 bits per heavy atom. The summed E-state index contributed by atoms with van der Waals surface area (Å²) >= 11 is 0. The second-order valence-electron chi connectivity index (χ2n) is 2.00. The molecule has 3 nitrogen and oxygen atoms in total. The molecule has 2 heterocycles. The van der Waals surface area contributed by atoms with Crippen molar-refractivity contribution in [2.24, 2.45) is 0 Å². The molecular formula is C6H6N3P. The summed E-state index contributed by atoms with van der Waals surface area (Å²) in [4.78, 5) is 7.95. The minimum Gasteiger partial charge on any atom is -0.383 e. The third-order valence-corrected chi connectivity index (χ3v) is 2.39. The van der Waals surface area contributed by atoms with Crippen LogP contribution in [0, 0.1) is 0 Å². The van der Waals surface area contributed by atoms with Crippen LogP contribution in [0.25, 0.3) is 10.6 Å². The summed E-state index contributed by atoms with van der Waals surface area (Å²) in [6, 6.07) is 1.98. The Hall–Kier alpha value is -1.08. The summed E-state index contributed by atoms with van der Waals surface area (Å²) in [7, 11) is 0.664. The number of hydrogen-bond donors (Lipinski definition) is 1. The van der Waals surface area contributed by atoms with E-state index in [2.05, 4.69) is 15.8 Å². The van der Waals surface area contributed by atoms with Crippen molar-refractivity contribution < 1.29 is 0 Å². The van der Waals surface area contributed by atoms with Crippen molar-refractivity contribution >= 4 is 24.6 Å². The molecule has 4 heteroatoms. The summed E-state index contributed by atoms with van der Waals surface area (Å²) in [5, 5.41) is 2.06. The molecule has 2 aromatic heterocycles. The van der Waals surface area contributed by atoms with E-state index in [1.54, 1.807) is 0 Å². The van der Waals surface area contributed by atoms with Gasteiger partial charge in [-0.3, -0.25) is 0 Å². The van der Waals surface area contributed by atoms with E-state index in [9.17, 15) is 0 Å². The van der Waals surface area contributed by atoms with Crippen molar-refractivity contribution in [2.45, 2.75) is 0 Å². The van der Waals surface area contributed by atoms with Crippen molar-refractivity contribution in [3.05, 3.63) is 18.2 Å². The molecule has 0 aliphatic rings. The quantitative estimate of drug-likeness (QED) is 0.616. The minimum atomic E-state index is 0.589. The summed E-state index contributed by atoms with van der Waals surface area (Å²) in [6.07, 6.45) is 1.51. The van der Waals surface area contributed by atoms with Gasteiger partial charge in [-0.15, -0.1) is 8.19 Å². The van der Waals surface area contributed by atoms with Gasteiger partial charge in [0.1, 0.15) is 12.1 Å². The lowest BCUT2D eigenvalue weighted by Gasteiger charge is -1.90. The van der Waals surface area contributed by atoms with Gasteiger partial charge in [-0.25, -0.2) is 9.97 Å². The van der Waals surface area contributed by atoms with Crippen molar-refractivity contribution in [1.82, 2.24) is 9.97 Å². The summed E-state index contributed by atoms with van der Waals surface area (Å²) in [5.74, 6) is 2.65. The van der Waals surface area contributed by atoms with Gasteiger partial charge in [-0.05, 0) is 11.9 Å². The zero-order valence-electron chi connectivity index (χ0n) is 5.20. The molecule has 1 unspecified atom stereocenters. The van der Waals surface area contributed by atoms with Crippen LogP contribution in [0.15, 0.2) is 18.2 Å². The molecule has 0 radical (unpaired) electrons. The summed E-state index contributed by atoms with van der Waals surface area (Å²) < 4.78 is 0. The van der Waals surface area contributed by atoms with E-state index in [0.717, 1.165) is 10.6 Å². The molecule has 1 atom stereocenters. The molecule has 0 saturated carbocycles. The van der Waals surface area contributed by atoms with Gasteiger partial charge in [-0.2, -0.15) is 0 Å². The molecule has 2 aromatic rings. The van der Waals surface area contributed by atoms with Crippen LogP contribution in [-0.4, -0.2) is 9.97 Å². The Morgan fingerprint density at radius 2 is 2.30 bits per heavy atom. The van der Waals surface area contributed by atoms with Gasteiger partial charge < -0.3 is 5.73 Å². The van der Waals surface area contributed by atoms with Crippen LogP contribution in [0.5, 0.6) is 0 Å². The van der Waals surface area contributed by atoms with E-state index in [1.165, 1.54) is 6.33 Å². The normalized spacial score (nSPS) is 11.2. The predicted octanol–water partition coefficient (Wildman–Crippen LogP) is 1.24. The van der Waals surface area contributed by atoms with Crippen LogP contribution < -0.4 is 5.73 Å². The standard InChI is InChI=1S/C6H6N3P/c7-5-4-1-2-10-6(4)9-3-8-5/h1-3,10H,(H2,7,8,9). The van der Waals surface area contributed by atoms with Crippen LogP contribution in [0.3, 0.4) is 0 Å². The van der Waals surface area contributed by atoms with Crippen LogP contribution in [0.4, 0.5) is 5.82 Å². The second kappa shape index (κ2) is 1.96. The first-order valence-electron chi connectivity index (χ1n) is 2.91. The van der Waals surface area contributed by atoms with Gasteiger partial charge >= 0.3 is 0 Å². The fourth-order valence-corrected chi connectivity index (χ4v) is 1.80. The first-order valence-corrected chi connectivity index (χ1v) is 3.99. The molecule has 0 aliphatic carbocycles. The Kier molecular flexibility index (Phi) is 1.11. The SMILES string of the molecule is Nc1ncnc2[pH]ccc12. The third-order valence-electron chi connectivity index (χ3n) is 1.38. The molecule has 0 saturated heterocycles. The maximum atomic E-state index is 5.57. The van der Waals surface area contributed by atoms with Gasteiger partial charge in [-0.1, -0.05) is 0 Å². The first kappa shape index (κ1) is 5.69. The average molecular weight is 151 g/mol. The maximum absolute atomic E-state index is 5.57. The number of fused-ring (bicyclic) bond motifs is 1. The van der Waals surface area contributed by atoms with Gasteiger partial charge in [0.15, 0.2) is 0 Å². The van der Waals surface area contributed by atoms with Crippen LogP contribution in [0.2, 0.25) is 0 Å². The molecule has 10 heavy (non-hydrogen) atoms. The van der Waals surface area contributed by atoms with Crippen LogP contribution in [-0.2, 0) is 0 Å². The van der Waals surface area contributed by atoms with Crippen LogP contribution in [0.1, 0.15) is 0 Å². The number of nitrogens with two attached hydrogens (primary N) is 1. The van der Waals surface area contributed by atoms with E-state index in [4.69, 9.17) is 5.73 Å². The third kappa shape index (κ3) is 0.677. The zero-order valence-corrected chi connectivity index (χ0v) is 6.20. The average Bonchev–Trinajstić information content (AvgIpc) is 2.36. The topological polar surface area (TPSA) is 51.8 Å². The molecule has 0 aromatic carbocycles. The maximum Gasteiger partial charge on any atom is 0.135 e. The summed E-state index contributed by atoms with van der Waals surface area (Å²) in [6.45, 7) is 0. The molecule has 0 spiro atoms. The second-order valence-corrected chi connectivity index (χ2v) is 3.09. The van der Waals surface area contributed by atoms with Gasteiger partial charge in [0.25, 0.3) is 0 Å². The molecule has 0 amide bonds. The first-order chi connectivity index (χ1) is 4.88. The smallest absolute Gasteiger partial charge is 0.135 e. The zero-order chi connectivity index (χ0) is 6.97. The lowest BCUT2D eigenvalue weighted by molar-refractivity contribution is 1.24. The molecule has 50 valence electrons. The highest BCUT2D eigenvalue weighted by Gasteiger charge is 1.97. The van der Waals surface area contributed by atoms with Crippen molar-refractivity contribution in [3.8, 4) is 0 Å². The molecule has 0 bridgehead atoms. The molecule has 2 rings (SSSR count). The van der Waals surface area contributed by atoms with Crippen molar-refractivity contribution in [3.63, 3.8) is 0 Å². The Bertz CT molecular complexity index is 355. The lowest BCUT2D eigenvalue weighted by Crippen LogP contribution is -1.89. The lowest BCUT2D eigenvalue weighted by atomic mass is 10.4. The Labute approximate surface area is 59.4 Å². The molecule has 2 N–H and O–H groups in total.